The van der Waals surface area contributed by atoms with E-state index in [0.717, 1.165) is 0 Å². The van der Waals surface area contributed by atoms with Crippen LogP contribution in [0.3, 0.4) is 0 Å². The van der Waals surface area contributed by atoms with Gasteiger partial charge < -0.3 is 5.11 Å². The highest BCUT2D eigenvalue weighted by molar-refractivity contribution is 7.92. The van der Waals surface area contributed by atoms with Crippen molar-refractivity contribution in [3.8, 4) is 6.07 Å². The zero-order valence-electron chi connectivity index (χ0n) is 9.70. The Labute approximate surface area is 105 Å². The van der Waals surface area contributed by atoms with Gasteiger partial charge in [0.05, 0.1) is 5.75 Å². The summed E-state index contributed by atoms with van der Waals surface area (Å²) in [6.07, 6.45) is 1.36. The van der Waals surface area contributed by atoms with Crippen molar-refractivity contribution in [2.24, 2.45) is 0 Å². The normalized spacial score (nSPS) is 12.7. The third-order valence-electron chi connectivity index (χ3n) is 2.43. The first-order valence-electron chi connectivity index (χ1n) is 5.20. The molecule has 0 aliphatic heterocycles. The summed E-state index contributed by atoms with van der Waals surface area (Å²) < 4.78 is 23.8. The lowest BCUT2D eigenvalue weighted by atomic mass is 10.2. The predicted octanol–water partition coefficient (Wildman–Crippen LogP) is 0.731. The van der Waals surface area contributed by atoms with Gasteiger partial charge in [-0.05, 0) is 12.5 Å². The summed E-state index contributed by atoms with van der Waals surface area (Å²) >= 11 is 0. The molecule has 96 valence electrons. The van der Waals surface area contributed by atoms with Crippen molar-refractivity contribution < 1.29 is 18.3 Å². The van der Waals surface area contributed by atoms with Gasteiger partial charge in [-0.1, -0.05) is 13.0 Å². The van der Waals surface area contributed by atoms with Crippen molar-refractivity contribution in [3.05, 3.63) is 29.6 Å². The SMILES string of the molecule is CCC(C(=O)O)S(=O)(=O)Cc1cccnc1C#N. The maximum absolute atomic E-state index is 11.9. The smallest absolute Gasteiger partial charge is 0.321 e. The quantitative estimate of drug-likeness (QED) is 0.843. The van der Waals surface area contributed by atoms with Crippen LogP contribution >= 0.6 is 0 Å². The van der Waals surface area contributed by atoms with Gasteiger partial charge in [0.25, 0.3) is 0 Å². The molecule has 6 nitrogen and oxygen atoms in total. The molecule has 18 heavy (non-hydrogen) atoms. The van der Waals surface area contributed by atoms with Gasteiger partial charge >= 0.3 is 5.97 Å². The van der Waals surface area contributed by atoms with Crippen molar-refractivity contribution in [1.82, 2.24) is 4.98 Å². The van der Waals surface area contributed by atoms with Gasteiger partial charge in [-0.15, -0.1) is 0 Å². The van der Waals surface area contributed by atoms with E-state index in [-0.39, 0.29) is 17.7 Å². The van der Waals surface area contributed by atoms with Gasteiger partial charge in [0, 0.05) is 11.8 Å². The molecular formula is C11H12N2O4S. The van der Waals surface area contributed by atoms with Crippen LogP contribution in [0.2, 0.25) is 0 Å². The molecule has 0 aromatic carbocycles. The Morgan fingerprint density at radius 3 is 2.78 bits per heavy atom. The van der Waals surface area contributed by atoms with E-state index in [1.807, 2.05) is 0 Å². The average Bonchev–Trinajstić information content (AvgIpc) is 2.29. The molecule has 0 fully saturated rings. The minimum atomic E-state index is -3.85. The molecule has 0 spiro atoms. The highest BCUT2D eigenvalue weighted by Gasteiger charge is 2.31. The van der Waals surface area contributed by atoms with Crippen molar-refractivity contribution in [1.29, 1.82) is 5.26 Å². The summed E-state index contributed by atoms with van der Waals surface area (Å²) in [5, 5.41) is 16.2. The number of carboxylic acids is 1. The molecule has 7 heteroatoms. The van der Waals surface area contributed by atoms with E-state index in [9.17, 15) is 13.2 Å². The lowest BCUT2D eigenvalue weighted by molar-refractivity contribution is -0.136. The monoisotopic (exact) mass is 268 g/mol. The number of rotatable bonds is 5. The number of pyridine rings is 1. The second-order valence-corrected chi connectivity index (χ2v) is 5.85. The van der Waals surface area contributed by atoms with Gasteiger partial charge in [0.1, 0.15) is 11.8 Å². The van der Waals surface area contributed by atoms with Crippen LogP contribution in [0.1, 0.15) is 24.6 Å². The standard InChI is InChI=1S/C11H12N2O4S/c1-2-10(11(14)15)18(16,17)7-8-4-3-5-13-9(8)6-12/h3-5,10H,2,7H2,1H3,(H,14,15). The van der Waals surface area contributed by atoms with Crippen molar-refractivity contribution in [2.75, 3.05) is 0 Å². The van der Waals surface area contributed by atoms with E-state index in [4.69, 9.17) is 10.4 Å². The van der Waals surface area contributed by atoms with E-state index in [0.29, 0.717) is 0 Å². The third-order valence-corrected chi connectivity index (χ3v) is 4.55. The fraction of sp³-hybridized carbons (Fsp3) is 0.364. The van der Waals surface area contributed by atoms with Crippen LogP contribution < -0.4 is 0 Å². The van der Waals surface area contributed by atoms with Crippen LogP contribution in [0.5, 0.6) is 0 Å². The number of nitrogens with zero attached hydrogens (tertiary/aromatic N) is 2. The van der Waals surface area contributed by atoms with E-state index in [1.165, 1.54) is 25.3 Å². The third kappa shape index (κ3) is 3.05. The Morgan fingerprint density at radius 2 is 2.28 bits per heavy atom. The Kier molecular flexibility index (Phi) is 4.39. The molecule has 0 amide bonds. The maximum atomic E-state index is 11.9. The Balaban J connectivity index is 3.10. The van der Waals surface area contributed by atoms with Crippen molar-refractivity contribution >= 4 is 15.8 Å². The molecule has 1 aromatic rings. The fourth-order valence-corrected chi connectivity index (χ4v) is 3.24. The highest BCUT2D eigenvalue weighted by atomic mass is 32.2. The van der Waals surface area contributed by atoms with Crippen LogP contribution in [-0.2, 0) is 20.4 Å². The summed E-state index contributed by atoms with van der Waals surface area (Å²) in [7, 11) is -3.85. The highest BCUT2D eigenvalue weighted by Crippen LogP contribution is 2.16. The largest absolute Gasteiger partial charge is 0.480 e. The predicted molar refractivity (Wildman–Crippen MR) is 63.3 cm³/mol. The van der Waals surface area contributed by atoms with Gasteiger partial charge in [-0.25, -0.2) is 13.4 Å². The van der Waals surface area contributed by atoms with Gasteiger partial charge in [0.15, 0.2) is 15.1 Å². The first kappa shape index (κ1) is 14.1. The summed E-state index contributed by atoms with van der Waals surface area (Å²) in [4.78, 5) is 14.6. The lowest BCUT2D eigenvalue weighted by Gasteiger charge is -2.11. The van der Waals surface area contributed by atoms with Crippen LogP contribution in [0, 0.1) is 11.3 Å². The van der Waals surface area contributed by atoms with Crippen LogP contribution in [-0.4, -0.2) is 29.7 Å². The number of nitriles is 1. The molecule has 0 radical (unpaired) electrons. The summed E-state index contributed by atoms with van der Waals surface area (Å²) in [6.45, 7) is 1.49. The molecule has 0 saturated carbocycles. The molecule has 0 bridgehead atoms. The van der Waals surface area contributed by atoms with Gasteiger partial charge in [-0.3, -0.25) is 4.79 Å². The summed E-state index contributed by atoms with van der Waals surface area (Å²) in [5.74, 6) is -1.87. The number of carbonyl (C=O) groups is 1. The fourth-order valence-electron chi connectivity index (χ4n) is 1.56. The van der Waals surface area contributed by atoms with Gasteiger partial charge in [0.2, 0.25) is 0 Å². The van der Waals surface area contributed by atoms with E-state index < -0.39 is 26.8 Å². The number of hydrogen-bond acceptors (Lipinski definition) is 5. The first-order valence-corrected chi connectivity index (χ1v) is 6.92. The topological polar surface area (TPSA) is 108 Å². The van der Waals surface area contributed by atoms with E-state index in [1.54, 1.807) is 6.07 Å². The molecule has 0 saturated heterocycles. The van der Waals surface area contributed by atoms with E-state index >= 15 is 0 Å². The number of sulfone groups is 1. The zero-order valence-corrected chi connectivity index (χ0v) is 10.5. The first-order chi connectivity index (χ1) is 8.42. The molecule has 0 aliphatic carbocycles. The molecule has 0 aliphatic rings. The Bertz CT molecular complexity index is 589. The van der Waals surface area contributed by atoms with Gasteiger partial charge in [-0.2, -0.15) is 5.26 Å². The molecule has 1 aromatic heterocycles. The number of aromatic nitrogens is 1. The molecule has 1 N–H and O–H groups in total. The minimum Gasteiger partial charge on any atom is -0.480 e. The van der Waals surface area contributed by atoms with Crippen molar-refractivity contribution in [2.45, 2.75) is 24.3 Å². The summed E-state index contributed by atoms with van der Waals surface area (Å²) in [5.41, 5.74) is 0.223. The van der Waals surface area contributed by atoms with Crippen LogP contribution in [0.4, 0.5) is 0 Å². The van der Waals surface area contributed by atoms with Crippen molar-refractivity contribution in [3.63, 3.8) is 0 Å². The number of hydrogen-bond donors (Lipinski definition) is 1. The number of aliphatic carboxylic acids is 1. The second kappa shape index (κ2) is 5.60. The molecule has 1 rings (SSSR count). The summed E-state index contributed by atoms with van der Waals surface area (Å²) in [6, 6.07) is 4.74. The Morgan fingerprint density at radius 1 is 1.61 bits per heavy atom. The molecule has 1 atom stereocenters. The molecule has 1 unspecified atom stereocenters. The zero-order chi connectivity index (χ0) is 13.8. The Hall–Kier alpha value is -1.94. The van der Waals surface area contributed by atoms with Crippen LogP contribution in [0.25, 0.3) is 0 Å². The second-order valence-electron chi connectivity index (χ2n) is 3.67. The maximum Gasteiger partial charge on any atom is 0.321 e. The molecular weight excluding hydrogens is 256 g/mol. The molecule has 1 heterocycles. The van der Waals surface area contributed by atoms with E-state index in [2.05, 4.69) is 4.98 Å². The number of carboxylic acid groups (broad SMARTS) is 1. The van der Waals surface area contributed by atoms with Crippen LogP contribution in [0.15, 0.2) is 18.3 Å². The lowest BCUT2D eigenvalue weighted by Crippen LogP contribution is -2.30. The minimum absolute atomic E-state index is 0.00122. The average molecular weight is 268 g/mol.